The number of nitrogens with one attached hydrogen (secondary N) is 1. The van der Waals surface area contributed by atoms with Gasteiger partial charge in [0.1, 0.15) is 0 Å². The first kappa shape index (κ1) is 18.4. The lowest BCUT2D eigenvalue weighted by molar-refractivity contribution is 0.0934. The Balaban J connectivity index is 2.00. The number of nitrogens with zero attached hydrogens (tertiary/aromatic N) is 2. The number of aryl methyl sites for hydroxylation is 1. The summed E-state index contributed by atoms with van der Waals surface area (Å²) in [6, 6.07) is 11.7. The van der Waals surface area contributed by atoms with Gasteiger partial charge in [0.2, 0.25) is 0 Å². The van der Waals surface area contributed by atoms with Crippen molar-refractivity contribution in [3.8, 4) is 0 Å². The van der Waals surface area contributed by atoms with Gasteiger partial charge in [-0.05, 0) is 37.6 Å². The van der Waals surface area contributed by atoms with Crippen LogP contribution < -0.4 is 10.9 Å². The molecule has 134 valence electrons. The molecule has 1 aromatic heterocycles. The molecule has 0 aliphatic rings. The molecule has 0 aliphatic heterocycles. The summed E-state index contributed by atoms with van der Waals surface area (Å²) >= 11 is 12.1. The molecule has 7 heteroatoms. The summed E-state index contributed by atoms with van der Waals surface area (Å²) in [5.74, 6) is -0.373. The Bertz CT molecular complexity index is 1050. The van der Waals surface area contributed by atoms with Crippen molar-refractivity contribution in [3.05, 3.63) is 74.1 Å². The maximum Gasteiger partial charge on any atom is 0.274 e. The first-order chi connectivity index (χ1) is 12.4. The Labute approximate surface area is 160 Å². The SMILES string of the molecule is CCn1nc(C(=O)NC(C)c2ccc(Cl)cc2Cl)c2ccccc2c1=O. The predicted molar refractivity (Wildman–Crippen MR) is 104 cm³/mol. The smallest absolute Gasteiger partial charge is 0.274 e. The summed E-state index contributed by atoms with van der Waals surface area (Å²) in [4.78, 5) is 25.2. The quantitative estimate of drug-likeness (QED) is 0.726. The molecular weight excluding hydrogens is 373 g/mol. The molecule has 3 aromatic rings. The van der Waals surface area contributed by atoms with Crippen molar-refractivity contribution < 1.29 is 4.79 Å². The summed E-state index contributed by atoms with van der Waals surface area (Å²) < 4.78 is 1.29. The molecular formula is C19H17Cl2N3O2. The number of rotatable bonds is 4. The molecule has 0 radical (unpaired) electrons. The van der Waals surface area contributed by atoms with Gasteiger partial charge in [-0.2, -0.15) is 5.10 Å². The van der Waals surface area contributed by atoms with Gasteiger partial charge in [-0.25, -0.2) is 4.68 Å². The summed E-state index contributed by atoms with van der Waals surface area (Å²) in [6.07, 6.45) is 0. The van der Waals surface area contributed by atoms with Crippen LogP contribution in [-0.4, -0.2) is 15.7 Å². The van der Waals surface area contributed by atoms with E-state index in [1.807, 2.05) is 6.92 Å². The summed E-state index contributed by atoms with van der Waals surface area (Å²) in [6.45, 7) is 4.01. The zero-order valence-electron chi connectivity index (χ0n) is 14.3. The van der Waals surface area contributed by atoms with Crippen LogP contribution in [0.25, 0.3) is 10.8 Å². The van der Waals surface area contributed by atoms with Crippen LogP contribution >= 0.6 is 23.2 Å². The Morgan fingerprint density at radius 2 is 1.88 bits per heavy atom. The summed E-state index contributed by atoms with van der Waals surface area (Å²) in [5.41, 5.74) is 0.741. The van der Waals surface area contributed by atoms with E-state index in [-0.39, 0.29) is 23.2 Å². The number of amides is 1. The topological polar surface area (TPSA) is 64.0 Å². The number of carbonyl (C=O) groups excluding carboxylic acids is 1. The summed E-state index contributed by atoms with van der Waals surface area (Å²) in [7, 11) is 0. The molecule has 0 aliphatic carbocycles. The van der Waals surface area contributed by atoms with E-state index < -0.39 is 0 Å². The molecule has 2 aromatic carbocycles. The van der Waals surface area contributed by atoms with Gasteiger partial charge >= 0.3 is 0 Å². The Kier molecular flexibility index (Phi) is 5.30. The van der Waals surface area contributed by atoms with Gasteiger partial charge in [0, 0.05) is 22.0 Å². The molecule has 0 fully saturated rings. The minimum absolute atomic E-state index is 0.207. The largest absolute Gasteiger partial charge is 0.344 e. The summed E-state index contributed by atoms with van der Waals surface area (Å²) in [5, 5.41) is 9.12. The molecule has 26 heavy (non-hydrogen) atoms. The fourth-order valence-electron chi connectivity index (χ4n) is 2.81. The highest BCUT2D eigenvalue weighted by Gasteiger charge is 2.19. The van der Waals surface area contributed by atoms with E-state index in [0.29, 0.717) is 27.4 Å². The third-order valence-corrected chi connectivity index (χ3v) is 4.72. The lowest BCUT2D eigenvalue weighted by Crippen LogP contribution is -2.32. The van der Waals surface area contributed by atoms with Crippen LogP contribution in [0.5, 0.6) is 0 Å². The highest BCUT2D eigenvalue weighted by Crippen LogP contribution is 2.26. The third kappa shape index (κ3) is 3.45. The van der Waals surface area contributed by atoms with E-state index in [1.165, 1.54) is 4.68 Å². The first-order valence-electron chi connectivity index (χ1n) is 8.18. The molecule has 1 amide bonds. The molecule has 5 nitrogen and oxygen atoms in total. The average molecular weight is 390 g/mol. The highest BCUT2D eigenvalue weighted by atomic mass is 35.5. The van der Waals surface area contributed by atoms with Crippen molar-refractivity contribution in [1.82, 2.24) is 15.1 Å². The number of hydrogen-bond acceptors (Lipinski definition) is 3. The van der Waals surface area contributed by atoms with E-state index in [4.69, 9.17) is 23.2 Å². The number of halogens is 2. The first-order valence-corrected chi connectivity index (χ1v) is 8.93. The lowest BCUT2D eigenvalue weighted by Gasteiger charge is -2.17. The van der Waals surface area contributed by atoms with Gasteiger partial charge in [-0.15, -0.1) is 0 Å². The Morgan fingerprint density at radius 1 is 1.19 bits per heavy atom. The van der Waals surface area contributed by atoms with Gasteiger partial charge in [-0.1, -0.05) is 47.5 Å². The van der Waals surface area contributed by atoms with Crippen LogP contribution in [0, 0.1) is 0 Å². The lowest BCUT2D eigenvalue weighted by atomic mass is 10.1. The second-order valence-corrected chi connectivity index (χ2v) is 6.72. The van der Waals surface area contributed by atoms with E-state index in [1.54, 1.807) is 49.4 Å². The molecule has 0 saturated carbocycles. The predicted octanol–water partition coefficient (Wildman–Crippen LogP) is 4.21. The number of hydrogen-bond donors (Lipinski definition) is 1. The van der Waals surface area contributed by atoms with E-state index >= 15 is 0 Å². The standard InChI is InChI=1S/C19H17Cl2N3O2/c1-3-24-19(26)15-7-5-4-6-14(15)17(23-24)18(25)22-11(2)13-9-8-12(20)10-16(13)21/h4-11H,3H2,1-2H3,(H,22,25). The highest BCUT2D eigenvalue weighted by molar-refractivity contribution is 6.35. The molecule has 3 rings (SSSR count). The normalized spacial score (nSPS) is 12.2. The van der Waals surface area contributed by atoms with Crippen LogP contribution in [0.1, 0.15) is 35.9 Å². The van der Waals surface area contributed by atoms with Gasteiger partial charge in [0.05, 0.1) is 11.4 Å². The minimum Gasteiger partial charge on any atom is -0.344 e. The second-order valence-electron chi connectivity index (χ2n) is 5.88. The van der Waals surface area contributed by atoms with Gasteiger partial charge in [0.15, 0.2) is 5.69 Å². The third-order valence-electron chi connectivity index (χ3n) is 4.16. The van der Waals surface area contributed by atoms with Crippen molar-refractivity contribution >= 4 is 39.9 Å². The fourth-order valence-corrected chi connectivity index (χ4v) is 3.38. The van der Waals surface area contributed by atoms with E-state index in [2.05, 4.69) is 10.4 Å². The monoisotopic (exact) mass is 389 g/mol. The van der Waals surface area contributed by atoms with Crippen LogP contribution in [-0.2, 0) is 6.54 Å². The maximum absolute atomic E-state index is 12.8. The van der Waals surface area contributed by atoms with Crippen molar-refractivity contribution in [1.29, 1.82) is 0 Å². The molecule has 0 saturated heterocycles. The van der Waals surface area contributed by atoms with Crippen molar-refractivity contribution in [3.63, 3.8) is 0 Å². The van der Waals surface area contributed by atoms with Crippen LogP contribution in [0.15, 0.2) is 47.3 Å². The molecule has 1 unspecified atom stereocenters. The average Bonchev–Trinajstić information content (AvgIpc) is 2.62. The Hall–Kier alpha value is -2.37. The number of aromatic nitrogens is 2. The zero-order chi connectivity index (χ0) is 18.8. The minimum atomic E-state index is -0.373. The molecule has 0 spiro atoms. The van der Waals surface area contributed by atoms with Crippen molar-refractivity contribution in [2.45, 2.75) is 26.4 Å². The van der Waals surface area contributed by atoms with E-state index in [0.717, 1.165) is 5.56 Å². The number of benzene rings is 2. The van der Waals surface area contributed by atoms with Crippen LogP contribution in [0.2, 0.25) is 10.0 Å². The van der Waals surface area contributed by atoms with Gasteiger partial charge < -0.3 is 5.32 Å². The molecule has 1 heterocycles. The Morgan fingerprint density at radius 3 is 2.54 bits per heavy atom. The second kappa shape index (κ2) is 7.48. The number of fused-ring (bicyclic) bond motifs is 1. The van der Waals surface area contributed by atoms with Gasteiger partial charge in [-0.3, -0.25) is 9.59 Å². The van der Waals surface area contributed by atoms with E-state index in [9.17, 15) is 9.59 Å². The fraction of sp³-hybridized carbons (Fsp3) is 0.211. The van der Waals surface area contributed by atoms with Gasteiger partial charge in [0.25, 0.3) is 11.5 Å². The maximum atomic E-state index is 12.8. The molecule has 0 bridgehead atoms. The van der Waals surface area contributed by atoms with Crippen molar-refractivity contribution in [2.75, 3.05) is 0 Å². The zero-order valence-corrected chi connectivity index (χ0v) is 15.8. The van der Waals surface area contributed by atoms with Crippen molar-refractivity contribution in [2.24, 2.45) is 0 Å². The molecule has 1 atom stereocenters. The van der Waals surface area contributed by atoms with Crippen LogP contribution in [0.3, 0.4) is 0 Å². The van der Waals surface area contributed by atoms with Crippen LogP contribution in [0.4, 0.5) is 0 Å². The number of carbonyl (C=O) groups is 1. The molecule has 1 N–H and O–H groups in total.